The third-order valence-electron chi connectivity index (χ3n) is 0.891. The van der Waals surface area contributed by atoms with Crippen LogP contribution in [0.25, 0.3) is 0 Å². The molecule has 0 aromatic carbocycles. The highest BCUT2D eigenvalue weighted by molar-refractivity contribution is 14.1. The molecular weight excluding hydrogens is 222 g/mol. The highest BCUT2D eigenvalue weighted by atomic mass is 127. The van der Waals surface area contributed by atoms with E-state index in [9.17, 15) is 4.39 Å². The van der Waals surface area contributed by atoms with Gasteiger partial charge in [0.2, 0.25) is 5.95 Å². The van der Waals surface area contributed by atoms with E-state index in [1.165, 1.54) is 0 Å². The van der Waals surface area contributed by atoms with Gasteiger partial charge in [-0.25, -0.2) is 0 Å². The zero-order valence-electron chi connectivity index (χ0n) is 4.20. The summed E-state index contributed by atoms with van der Waals surface area (Å²) in [6, 6.07) is 0. The topological polar surface area (TPSA) is 28.7 Å². The standard InChI is InChI=1S/C4H4FIN2/c1-2-3(5)7-8-4(2)6/h1H3,(H,7,8). The molecule has 0 saturated carbocycles. The van der Waals surface area contributed by atoms with Crippen LogP contribution in [-0.4, -0.2) is 10.2 Å². The normalized spacial score (nSPS) is 9.88. The van der Waals surface area contributed by atoms with Crippen LogP contribution in [0.5, 0.6) is 0 Å². The first-order valence-corrected chi connectivity index (χ1v) is 3.15. The van der Waals surface area contributed by atoms with Gasteiger partial charge in [0.1, 0.15) is 3.70 Å². The number of nitrogens with one attached hydrogen (secondary N) is 1. The van der Waals surface area contributed by atoms with Crippen molar-refractivity contribution < 1.29 is 4.39 Å². The van der Waals surface area contributed by atoms with E-state index in [1.807, 2.05) is 22.6 Å². The minimum absolute atomic E-state index is 0.339. The molecule has 0 atom stereocenters. The van der Waals surface area contributed by atoms with Gasteiger partial charge in [-0.2, -0.15) is 9.49 Å². The molecule has 0 radical (unpaired) electrons. The van der Waals surface area contributed by atoms with Crippen LogP contribution in [0.2, 0.25) is 0 Å². The average Bonchev–Trinajstić information content (AvgIpc) is 1.98. The zero-order valence-corrected chi connectivity index (χ0v) is 6.36. The Morgan fingerprint density at radius 2 is 2.38 bits per heavy atom. The number of aromatic amines is 1. The molecule has 44 valence electrons. The summed E-state index contributed by atoms with van der Waals surface area (Å²) in [5, 5.41) is 5.81. The van der Waals surface area contributed by atoms with Crippen molar-refractivity contribution in [2.24, 2.45) is 0 Å². The molecule has 4 heteroatoms. The molecule has 0 aliphatic heterocycles. The largest absolute Gasteiger partial charge is 0.252 e. The first-order chi connectivity index (χ1) is 3.72. The van der Waals surface area contributed by atoms with Gasteiger partial charge in [-0.1, -0.05) is 0 Å². The average molecular weight is 226 g/mol. The summed E-state index contributed by atoms with van der Waals surface area (Å²) < 4.78 is 12.9. The summed E-state index contributed by atoms with van der Waals surface area (Å²) in [5.41, 5.74) is 0.589. The number of hydrogen-bond acceptors (Lipinski definition) is 1. The van der Waals surface area contributed by atoms with Crippen LogP contribution in [0.4, 0.5) is 4.39 Å². The molecule has 0 aliphatic rings. The molecule has 1 aromatic heterocycles. The van der Waals surface area contributed by atoms with E-state index < -0.39 is 0 Å². The van der Waals surface area contributed by atoms with E-state index in [0.717, 1.165) is 0 Å². The van der Waals surface area contributed by atoms with Crippen molar-refractivity contribution in [1.82, 2.24) is 10.2 Å². The highest BCUT2D eigenvalue weighted by Crippen LogP contribution is 2.08. The quantitative estimate of drug-likeness (QED) is 0.666. The van der Waals surface area contributed by atoms with E-state index >= 15 is 0 Å². The van der Waals surface area contributed by atoms with Gasteiger partial charge in [0.25, 0.3) is 0 Å². The third kappa shape index (κ3) is 0.841. The van der Waals surface area contributed by atoms with Crippen LogP contribution < -0.4 is 0 Å². The second kappa shape index (κ2) is 2.00. The molecule has 0 amide bonds. The Morgan fingerprint density at radius 1 is 1.75 bits per heavy atom. The lowest BCUT2D eigenvalue weighted by Gasteiger charge is -1.78. The maximum Gasteiger partial charge on any atom is 0.212 e. The number of halogens is 2. The molecule has 2 nitrogen and oxygen atoms in total. The summed E-state index contributed by atoms with van der Waals surface area (Å²) >= 11 is 1.96. The van der Waals surface area contributed by atoms with Crippen molar-refractivity contribution in [2.75, 3.05) is 0 Å². The summed E-state index contributed by atoms with van der Waals surface area (Å²) in [6.45, 7) is 1.68. The first-order valence-electron chi connectivity index (χ1n) is 2.08. The summed E-state index contributed by atoms with van der Waals surface area (Å²) in [5.74, 6) is -0.339. The Labute approximate surface area is 59.6 Å². The fourth-order valence-corrected chi connectivity index (χ4v) is 0.714. The number of rotatable bonds is 0. The molecule has 0 unspecified atom stereocenters. The minimum atomic E-state index is -0.339. The number of H-pyrrole nitrogens is 1. The lowest BCUT2D eigenvalue weighted by atomic mass is 10.4. The highest BCUT2D eigenvalue weighted by Gasteiger charge is 2.02. The Balaban J connectivity index is 3.19. The SMILES string of the molecule is Cc1c(I)n[nH]c1F. The van der Waals surface area contributed by atoms with E-state index in [1.54, 1.807) is 6.92 Å². The number of nitrogens with zero attached hydrogens (tertiary/aromatic N) is 1. The van der Waals surface area contributed by atoms with Crippen molar-refractivity contribution >= 4 is 22.6 Å². The fourth-order valence-electron chi connectivity index (χ4n) is 0.356. The maximum atomic E-state index is 12.2. The lowest BCUT2D eigenvalue weighted by molar-refractivity contribution is 0.572. The molecule has 0 saturated heterocycles. The van der Waals surface area contributed by atoms with Crippen LogP contribution in [0.15, 0.2) is 0 Å². The summed E-state index contributed by atoms with van der Waals surface area (Å²) in [4.78, 5) is 0. The molecule has 0 bridgehead atoms. The minimum Gasteiger partial charge on any atom is -0.252 e. The third-order valence-corrected chi connectivity index (χ3v) is 1.94. The molecule has 1 aromatic rings. The Hall–Kier alpha value is -0.130. The van der Waals surface area contributed by atoms with Crippen LogP contribution in [-0.2, 0) is 0 Å². The molecule has 8 heavy (non-hydrogen) atoms. The zero-order chi connectivity index (χ0) is 6.15. The van der Waals surface area contributed by atoms with Gasteiger partial charge < -0.3 is 0 Å². The molecule has 0 aliphatic carbocycles. The van der Waals surface area contributed by atoms with Crippen molar-refractivity contribution in [3.8, 4) is 0 Å². The van der Waals surface area contributed by atoms with Gasteiger partial charge in [0.05, 0.1) is 0 Å². The second-order valence-electron chi connectivity index (χ2n) is 1.45. The number of aromatic nitrogens is 2. The van der Waals surface area contributed by atoms with Crippen molar-refractivity contribution in [1.29, 1.82) is 0 Å². The molecular formula is C4H4FIN2. The Morgan fingerprint density at radius 3 is 2.50 bits per heavy atom. The second-order valence-corrected chi connectivity index (χ2v) is 2.48. The van der Waals surface area contributed by atoms with Gasteiger partial charge in [0, 0.05) is 5.56 Å². The smallest absolute Gasteiger partial charge is 0.212 e. The Bertz CT molecular complexity index is 176. The molecule has 1 heterocycles. The van der Waals surface area contributed by atoms with Crippen molar-refractivity contribution in [2.45, 2.75) is 6.92 Å². The van der Waals surface area contributed by atoms with E-state index in [0.29, 0.717) is 9.26 Å². The van der Waals surface area contributed by atoms with Crippen molar-refractivity contribution in [3.63, 3.8) is 0 Å². The summed E-state index contributed by atoms with van der Waals surface area (Å²) in [7, 11) is 0. The van der Waals surface area contributed by atoms with Gasteiger partial charge in [0.15, 0.2) is 0 Å². The summed E-state index contributed by atoms with van der Waals surface area (Å²) in [6.07, 6.45) is 0. The monoisotopic (exact) mass is 226 g/mol. The van der Waals surface area contributed by atoms with Crippen LogP contribution in [0.1, 0.15) is 5.56 Å². The lowest BCUT2D eigenvalue weighted by Crippen LogP contribution is -1.74. The van der Waals surface area contributed by atoms with Gasteiger partial charge in [-0.05, 0) is 29.5 Å². The predicted octanol–water partition coefficient (Wildman–Crippen LogP) is 1.46. The fraction of sp³-hybridized carbons (Fsp3) is 0.250. The van der Waals surface area contributed by atoms with E-state index in [2.05, 4.69) is 10.2 Å². The molecule has 0 fully saturated rings. The van der Waals surface area contributed by atoms with Crippen LogP contribution in [0.3, 0.4) is 0 Å². The van der Waals surface area contributed by atoms with Crippen molar-refractivity contribution in [3.05, 3.63) is 15.2 Å². The molecule has 1 rings (SSSR count). The van der Waals surface area contributed by atoms with Gasteiger partial charge in [-0.3, -0.25) is 5.10 Å². The van der Waals surface area contributed by atoms with Gasteiger partial charge in [-0.15, -0.1) is 0 Å². The van der Waals surface area contributed by atoms with E-state index in [4.69, 9.17) is 0 Å². The molecule has 0 spiro atoms. The first kappa shape index (κ1) is 6.00. The predicted molar refractivity (Wildman–Crippen MR) is 36.0 cm³/mol. The maximum absolute atomic E-state index is 12.2. The molecule has 1 N–H and O–H groups in total. The van der Waals surface area contributed by atoms with E-state index in [-0.39, 0.29) is 5.95 Å². The van der Waals surface area contributed by atoms with Crippen LogP contribution >= 0.6 is 22.6 Å². The Kier molecular flexibility index (Phi) is 1.50. The number of hydrogen-bond donors (Lipinski definition) is 1. The van der Waals surface area contributed by atoms with Crippen LogP contribution in [0, 0.1) is 16.6 Å². The van der Waals surface area contributed by atoms with Gasteiger partial charge >= 0.3 is 0 Å².